The molecule has 0 saturated carbocycles. The van der Waals surface area contributed by atoms with E-state index < -0.39 is 11.7 Å². The number of hydrogen-bond donors (Lipinski definition) is 0. The van der Waals surface area contributed by atoms with Crippen molar-refractivity contribution in [2.75, 3.05) is 0 Å². The quantitative estimate of drug-likeness (QED) is 0.774. The fourth-order valence-corrected chi connectivity index (χ4v) is 2.00. The van der Waals surface area contributed by atoms with Crippen molar-refractivity contribution in [3.63, 3.8) is 0 Å². The lowest BCUT2D eigenvalue weighted by atomic mass is 9.96. The highest BCUT2D eigenvalue weighted by molar-refractivity contribution is 5.65. The molecule has 0 saturated heterocycles. The van der Waals surface area contributed by atoms with Crippen LogP contribution in [0.1, 0.15) is 18.1 Å². The van der Waals surface area contributed by atoms with Gasteiger partial charge >= 0.3 is 6.18 Å². The number of hydrogen-bond acceptors (Lipinski definition) is 1. The van der Waals surface area contributed by atoms with E-state index in [0.717, 1.165) is 6.07 Å². The van der Waals surface area contributed by atoms with E-state index in [4.69, 9.17) is 0 Å². The van der Waals surface area contributed by atoms with Crippen LogP contribution < -0.4 is 0 Å². The second-order valence-corrected chi connectivity index (χ2v) is 3.90. The van der Waals surface area contributed by atoms with Crippen LogP contribution in [-0.4, -0.2) is 4.98 Å². The van der Waals surface area contributed by atoms with Gasteiger partial charge in [0, 0.05) is 11.8 Å². The third kappa shape index (κ3) is 2.37. The zero-order chi connectivity index (χ0) is 13.2. The molecule has 1 aromatic heterocycles. The molecule has 1 heterocycles. The van der Waals surface area contributed by atoms with E-state index in [9.17, 15) is 13.2 Å². The van der Waals surface area contributed by atoms with Crippen molar-refractivity contribution in [3.8, 4) is 11.3 Å². The summed E-state index contributed by atoms with van der Waals surface area (Å²) >= 11 is 0. The van der Waals surface area contributed by atoms with Crippen molar-refractivity contribution in [1.29, 1.82) is 0 Å². The highest BCUT2D eigenvalue weighted by atomic mass is 19.4. The minimum atomic E-state index is -4.32. The van der Waals surface area contributed by atoms with Gasteiger partial charge in [-0.25, -0.2) is 0 Å². The molecule has 0 radical (unpaired) electrons. The van der Waals surface area contributed by atoms with E-state index >= 15 is 0 Å². The van der Waals surface area contributed by atoms with Gasteiger partial charge in [-0.1, -0.05) is 25.1 Å². The average Bonchev–Trinajstić information content (AvgIpc) is 2.37. The van der Waals surface area contributed by atoms with Crippen molar-refractivity contribution < 1.29 is 13.2 Å². The van der Waals surface area contributed by atoms with Gasteiger partial charge in [-0.2, -0.15) is 13.2 Å². The summed E-state index contributed by atoms with van der Waals surface area (Å²) in [6.45, 7) is 1.72. The molecule has 0 aliphatic carbocycles. The number of benzene rings is 1. The summed E-state index contributed by atoms with van der Waals surface area (Å²) in [5, 5.41) is 0. The Morgan fingerprint density at radius 1 is 1.06 bits per heavy atom. The fourth-order valence-electron chi connectivity index (χ4n) is 2.00. The summed E-state index contributed by atoms with van der Waals surface area (Å²) in [5.41, 5.74) is 0.838. The van der Waals surface area contributed by atoms with Crippen molar-refractivity contribution in [1.82, 2.24) is 4.98 Å². The maximum absolute atomic E-state index is 12.9. The summed E-state index contributed by atoms with van der Waals surface area (Å²) in [6, 6.07) is 9.44. The van der Waals surface area contributed by atoms with Crippen LogP contribution >= 0.6 is 0 Å². The molecule has 0 fully saturated rings. The Bertz CT molecular complexity index is 532. The van der Waals surface area contributed by atoms with Gasteiger partial charge in [-0.05, 0) is 30.2 Å². The monoisotopic (exact) mass is 251 g/mol. The van der Waals surface area contributed by atoms with Gasteiger partial charge < -0.3 is 0 Å². The molecular weight excluding hydrogens is 239 g/mol. The fraction of sp³-hybridized carbons (Fsp3) is 0.214. The molecule has 94 valence electrons. The van der Waals surface area contributed by atoms with Gasteiger partial charge in [-0.3, -0.25) is 4.98 Å². The standard InChI is InChI=1S/C14H12F3N/c1-2-10-11(13-8-3-4-9-18-13)6-5-7-12(10)14(15,16)17/h3-9H,2H2,1H3. The molecule has 18 heavy (non-hydrogen) atoms. The number of alkyl halides is 3. The van der Waals surface area contributed by atoms with Crippen LogP contribution in [0.3, 0.4) is 0 Å². The molecule has 0 unspecified atom stereocenters. The topological polar surface area (TPSA) is 12.9 Å². The highest BCUT2D eigenvalue weighted by Gasteiger charge is 2.33. The lowest BCUT2D eigenvalue weighted by Crippen LogP contribution is -2.09. The number of aromatic nitrogens is 1. The maximum atomic E-state index is 12.9. The first-order chi connectivity index (χ1) is 8.54. The first-order valence-corrected chi connectivity index (χ1v) is 5.64. The lowest BCUT2D eigenvalue weighted by molar-refractivity contribution is -0.138. The van der Waals surface area contributed by atoms with Crippen LogP contribution in [0.25, 0.3) is 11.3 Å². The van der Waals surface area contributed by atoms with Gasteiger partial charge in [0.2, 0.25) is 0 Å². The van der Waals surface area contributed by atoms with Crippen LogP contribution in [-0.2, 0) is 12.6 Å². The van der Waals surface area contributed by atoms with Crippen LogP contribution in [0, 0.1) is 0 Å². The van der Waals surface area contributed by atoms with Crippen LogP contribution in [0.5, 0.6) is 0 Å². The van der Waals surface area contributed by atoms with Crippen molar-refractivity contribution >= 4 is 0 Å². The molecule has 1 nitrogen and oxygen atoms in total. The number of rotatable bonds is 2. The highest BCUT2D eigenvalue weighted by Crippen LogP contribution is 2.36. The average molecular weight is 251 g/mol. The molecule has 1 aromatic carbocycles. The summed E-state index contributed by atoms with van der Waals surface area (Å²) in [6.07, 6.45) is -2.42. The Labute approximate surface area is 103 Å². The van der Waals surface area contributed by atoms with Crippen molar-refractivity contribution in [3.05, 3.63) is 53.7 Å². The summed E-state index contributed by atoms with van der Waals surface area (Å²) in [4.78, 5) is 4.11. The van der Waals surface area contributed by atoms with Crippen LogP contribution in [0.4, 0.5) is 13.2 Å². The minimum absolute atomic E-state index is 0.295. The second kappa shape index (κ2) is 4.80. The first-order valence-electron chi connectivity index (χ1n) is 5.64. The third-order valence-corrected chi connectivity index (χ3v) is 2.78. The molecule has 0 aliphatic heterocycles. The molecule has 0 amide bonds. The van der Waals surface area contributed by atoms with E-state index in [1.807, 2.05) is 0 Å². The third-order valence-electron chi connectivity index (χ3n) is 2.78. The minimum Gasteiger partial charge on any atom is -0.256 e. The molecular formula is C14H12F3N. The Morgan fingerprint density at radius 2 is 1.83 bits per heavy atom. The van der Waals surface area contributed by atoms with E-state index in [-0.39, 0.29) is 0 Å². The zero-order valence-corrected chi connectivity index (χ0v) is 9.83. The lowest BCUT2D eigenvalue weighted by Gasteiger charge is -2.15. The second-order valence-electron chi connectivity index (χ2n) is 3.90. The van der Waals surface area contributed by atoms with Crippen LogP contribution in [0.15, 0.2) is 42.6 Å². The van der Waals surface area contributed by atoms with E-state index in [1.54, 1.807) is 37.4 Å². The Hall–Kier alpha value is -1.84. The van der Waals surface area contributed by atoms with E-state index in [1.165, 1.54) is 6.07 Å². The zero-order valence-electron chi connectivity index (χ0n) is 9.83. The van der Waals surface area contributed by atoms with E-state index in [2.05, 4.69) is 4.98 Å². The normalized spacial score (nSPS) is 11.6. The van der Waals surface area contributed by atoms with Gasteiger partial charge in [0.1, 0.15) is 0 Å². The maximum Gasteiger partial charge on any atom is 0.416 e. The van der Waals surface area contributed by atoms with Gasteiger partial charge in [-0.15, -0.1) is 0 Å². The number of halogens is 3. The van der Waals surface area contributed by atoms with Crippen molar-refractivity contribution in [2.24, 2.45) is 0 Å². The Kier molecular flexibility index (Phi) is 3.36. The summed E-state index contributed by atoms with van der Waals surface area (Å²) in [5.74, 6) is 0. The smallest absolute Gasteiger partial charge is 0.256 e. The SMILES string of the molecule is CCc1c(-c2ccccn2)cccc1C(F)(F)F. The molecule has 2 aromatic rings. The Balaban J connectivity index is 2.63. The predicted molar refractivity (Wildman–Crippen MR) is 64.1 cm³/mol. The molecule has 2 rings (SSSR count). The summed E-state index contributed by atoms with van der Waals surface area (Å²) < 4.78 is 38.7. The molecule has 0 spiro atoms. The molecule has 4 heteroatoms. The van der Waals surface area contributed by atoms with Gasteiger partial charge in [0.25, 0.3) is 0 Å². The molecule has 0 N–H and O–H groups in total. The van der Waals surface area contributed by atoms with Crippen LogP contribution in [0.2, 0.25) is 0 Å². The molecule has 0 aliphatic rings. The first kappa shape index (κ1) is 12.6. The number of pyridine rings is 1. The van der Waals surface area contributed by atoms with Gasteiger partial charge in [0.05, 0.1) is 11.3 Å². The Morgan fingerprint density at radius 3 is 2.39 bits per heavy atom. The predicted octanol–water partition coefficient (Wildman–Crippen LogP) is 4.33. The summed E-state index contributed by atoms with van der Waals surface area (Å²) in [7, 11) is 0. The van der Waals surface area contributed by atoms with Gasteiger partial charge in [0.15, 0.2) is 0 Å². The molecule has 0 bridgehead atoms. The van der Waals surface area contributed by atoms with E-state index in [0.29, 0.717) is 23.2 Å². The molecule has 0 atom stereocenters. The van der Waals surface area contributed by atoms with Crippen molar-refractivity contribution in [2.45, 2.75) is 19.5 Å². The largest absolute Gasteiger partial charge is 0.416 e. The number of nitrogens with zero attached hydrogens (tertiary/aromatic N) is 1.